The highest BCUT2D eigenvalue weighted by atomic mass is 79.9. The largest absolute Gasteiger partial charge is 0.344 e. The first-order valence-electron chi connectivity index (χ1n) is 6.76. The maximum atomic E-state index is 12.3. The highest BCUT2D eigenvalue weighted by molar-refractivity contribution is 9.10. The van der Waals surface area contributed by atoms with Crippen molar-refractivity contribution in [2.75, 3.05) is 5.32 Å². The molecule has 0 aliphatic carbocycles. The van der Waals surface area contributed by atoms with Gasteiger partial charge in [-0.3, -0.25) is 4.79 Å². The van der Waals surface area contributed by atoms with Gasteiger partial charge in [-0.1, -0.05) is 22.9 Å². The van der Waals surface area contributed by atoms with Gasteiger partial charge in [-0.05, 0) is 55.7 Å². The van der Waals surface area contributed by atoms with Crippen molar-refractivity contribution in [1.29, 1.82) is 0 Å². The molecule has 1 aromatic heterocycles. The smallest absolute Gasteiger partial charge is 0.272 e. The van der Waals surface area contributed by atoms with Crippen LogP contribution >= 0.6 is 15.9 Å². The summed E-state index contributed by atoms with van der Waals surface area (Å²) >= 11 is 3.53. The van der Waals surface area contributed by atoms with Crippen molar-refractivity contribution in [1.82, 2.24) is 4.57 Å². The third-order valence-corrected chi connectivity index (χ3v) is 4.47. The van der Waals surface area contributed by atoms with E-state index in [0.717, 1.165) is 34.3 Å². The van der Waals surface area contributed by atoms with Crippen molar-refractivity contribution in [3.63, 3.8) is 0 Å². The minimum Gasteiger partial charge on any atom is -0.344 e. The van der Waals surface area contributed by atoms with Crippen molar-refractivity contribution in [2.45, 2.75) is 33.7 Å². The Morgan fingerprint density at radius 1 is 1.30 bits per heavy atom. The van der Waals surface area contributed by atoms with Crippen LogP contribution in [0.15, 0.2) is 34.9 Å². The van der Waals surface area contributed by atoms with Gasteiger partial charge in [-0.15, -0.1) is 0 Å². The topological polar surface area (TPSA) is 34.0 Å². The van der Waals surface area contributed by atoms with Gasteiger partial charge in [0.15, 0.2) is 0 Å². The zero-order valence-electron chi connectivity index (χ0n) is 12.0. The van der Waals surface area contributed by atoms with Crippen LogP contribution in [0.3, 0.4) is 0 Å². The Hall–Kier alpha value is -1.55. The number of anilines is 1. The van der Waals surface area contributed by atoms with Crippen LogP contribution in [0.25, 0.3) is 0 Å². The minimum absolute atomic E-state index is 0.0652. The molecule has 20 heavy (non-hydrogen) atoms. The second-order valence-corrected chi connectivity index (χ2v) is 5.76. The number of hydrogen-bond acceptors (Lipinski definition) is 1. The van der Waals surface area contributed by atoms with Crippen LogP contribution in [0.1, 0.15) is 35.0 Å². The third-order valence-electron chi connectivity index (χ3n) is 3.22. The lowest BCUT2D eigenvalue weighted by Gasteiger charge is -2.11. The van der Waals surface area contributed by atoms with Crippen LogP contribution in [-0.2, 0) is 6.54 Å². The average molecular weight is 335 g/mol. The molecule has 0 aliphatic heterocycles. The molecule has 0 fully saturated rings. The van der Waals surface area contributed by atoms with Crippen LogP contribution in [0, 0.1) is 13.8 Å². The zero-order valence-corrected chi connectivity index (χ0v) is 13.6. The van der Waals surface area contributed by atoms with Gasteiger partial charge in [0.2, 0.25) is 0 Å². The molecular formula is C16H19BrN2O. The van der Waals surface area contributed by atoms with Gasteiger partial charge in [-0.25, -0.2) is 0 Å². The monoisotopic (exact) mass is 334 g/mol. The van der Waals surface area contributed by atoms with Crippen LogP contribution in [-0.4, -0.2) is 10.5 Å². The summed E-state index contributed by atoms with van der Waals surface area (Å²) in [5.74, 6) is -0.0652. The molecule has 1 N–H and O–H groups in total. The van der Waals surface area contributed by atoms with Gasteiger partial charge in [0.25, 0.3) is 5.91 Å². The summed E-state index contributed by atoms with van der Waals surface area (Å²) in [5.41, 5.74) is 3.76. The second-order valence-electron chi connectivity index (χ2n) is 4.96. The van der Waals surface area contributed by atoms with E-state index in [4.69, 9.17) is 0 Å². The van der Waals surface area contributed by atoms with E-state index in [9.17, 15) is 4.79 Å². The van der Waals surface area contributed by atoms with Gasteiger partial charge in [0.1, 0.15) is 5.69 Å². The summed E-state index contributed by atoms with van der Waals surface area (Å²) in [7, 11) is 0. The fourth-order valence-electron chi connectivity index (χ4n) is 2.27. The summed E-state index contributed by atoms with van der Waals surface area (Å²) in [5, 5.41) is 2.97. The number of aryl methyl sites for hydroxylation is 3. The Kier molecular flexibility index (Phi) is 4.65. The van der Waals surface area contributed by atoms with Crippen molar-refractivity contribution in [3.05, 3.63) is 51.8 Å². The van der Waals surface area contributed by atoms with E-state index in [-0.39, 0.29) is 5.91 Å². The quantitative estimate of drug-likeness (QED) is 0.875. The lowest BCUT2D eigenvalue weighted by molar-refractivity contribution is 0.101. The standard InChI is InChI=1S/C16H19BrN2O/c1-4-7-19-8-5-6-14(19)16(20)18-13-9-11(2)15(17)12(3)10-13/h5-6,8-10H,4,7H2,1-3H3,(H,18,20). The van der Waals surface area contributed by atoms with Gasteiger partial charge in [0, 0.05) is 22.9 Å². The molecule has 0 aliphatic rings. The molecule has 1 heterocycles. The van der Waals surface area contributed by atoms with Crippen molar-refractivity contribution in [2.24, 2.45) is 0 Å². The molecular weight excluding hydrogens is 316 g/mol. The number of hydrogen-bond donors (Lipinski definition) is 1. The number of rotatable bonds is 4. The van der Waals surface area contributed by atoms with Crippen molar-refractivity contribution in [3.8, 4) is 0 Å². The number of carbonyl (C=O) groups is 1. The molecule has 0 spiro atoms. The summed E-state index contributed by atoms with van der Waals surface area (Å²) < 4.78 is 3.07. The summed E-state index contributed by atoms with van der Waals surface area (Å²) in [6.07, 6.45) is 2.95. The van der Waals surface area contributed by atoms with Crippen LogP contribution in [0.5, 0.6) is 0 Å². The molecule has 0 bridgehead atoms. The molecule has 1 aromatic carbocycles. The first-order valence-corrected chi connectivity index (χ1v) is 7.55. The van der Waals surface area contributed by atoms with E-state index < -0.39 is 0 Å². The predicted molar refractivity (Wildman–Crippen MR) is 86.3 cm³/mol. The number of halogens is 1. The molecule has 0 saturated carbocycles. The fourth-order valence-corrected chi connectivity index (χ4v) is 2.50. The maximum Gasteiger partial charge on any atom is 0.272 e. The van der Waals surface area contributed by atoms with Crippen molar-refractivity contribution < 1.29 is 4.79 Å². The first-order chi connectivity index (χ1) is 9.52. The molecule has 0 saturated heterocycles. The number of nitrogens with zero attached hydrogens (tertiary/aromatic N) is 1. The average Bonchev–Trinajstić information content (AvgIpc) is 2.84. The minimum atomic E-state index is -0.0652. The summed E-state index contributed by atoms with van der Waals surface area (Å²) in [6, 6.07) is 7.70. The Balaban J connectivity index is 2.21. The van der Waals surface area contributed by atoms with E-state index in [1.54, 1.807) is 0 Å². The van der Waals surface area contributed by atoms with E-state index >= 15 is 0 Å². The van der Waals surface area contributed by atoms with Gasteiger partial charge < -0.3 is 9.88 Å². The second kappa shape index (κ2) is 6.27. The third kappa shape index (κ3) is 3.12. The fraction of sp³-hybridized carbons (Fsp3) is 0.312. The molecule has 2 aromatic rings. The molecule has 3 nitrogen and oxygen atoms in total. The highest BCUT2D eigenvalue weighted by Gasteiger charge is 2.11. The SMILES string of the molecule is CCCn1cccc1C(=O)Nc1cc(C)c(Br)c(C)c1. The summed E-state index contributed by atoms with van der Waals surface area (Å²) in [6.45, 7) is 7.00. The highest BCUT2D eigenvalue weighted by Crippen LogP contribution is 2.25. The Morgan fingerprint density at radius 2 is 1.95 bits per heavy atom. The lowest BCUT2D eigenvalue weighted by atomic mass is 10.1. The lowest BCUT2D eigenvalue weighted by Crippen LogP contribution is -2.17. The van der Waals surface area contributed by atoms with Gasteiger partial charge in [0.05, 0.1) is 0 Å². The molecule has 0 atom stereocenters. The Labute approximate surface area is 128 Å². The van der Waals surface area contributed by atoms with Crippen molar-refractivity contribution >= 4 is 27.5 Å². The van der Waals surface area contributed by atoms with E-state index in [0.29, 0.717) is 5.69 Å². The van der Waals surface area contributed by atoms with E-state index in [2.05, 4.69) is 28.2 Å². The van der Waals surface area contributed by atoms with Crippen LogP contribution in [0.4, 0.5) is 5.69 Å². The molecule has 1 amide bonds. The van der Waals surface area contributed by atoms with Gasteiger partial charge >= 0.3 is 0 Å². The normalized spacial score (nSPS) is 10.6. The number of benzene rings is 1. The summed E-state index contributed by atoms with van der Waals surface area (Å²) in [4.78, 5) is 12.3. The number of nitrogens with one attached hydrogen (secondary N) is 1. The number of aromatic nitrogens is 1. The maximum absolute atomic E-state index is 12.3. The van der Waals surface area contributed by atoms with Crippen LogP contribution < -0.4 is 5.32 Å². The molecule has 0 unspecified atom stereocenters. The first kappa shape index (κ1) is 14.9. The van der Waals surface area contributed by atoms with E-state index in [1.165, 1.54) is 0 Å². The molecule has 106 valence electrons. The molecule has 0 radical (unpaired) electrons. The number of amides is 1. The number of carbonyl (C=O) groups excluding carboxylic acids is 1. The zero-order chi connectivity index (χ0) is 14.7. The molecule has 4 heteroatoms. The molecule has 2 rings (SSSR count). The Morgan fingerprint density at radius 3 is 2.55 bits per heavy atom. The van der Waals surface area contributed by atoms with Gasteiger partial charge in [-0.2, -0.15) is 0 Å². The van der Waals surface area contributed by atoms with Crippen LogP contribution in [0.2, 0.25) is 0 Å². The Bertz CT molecular complexity index is 608. The van der Waals surface area contributed by atoms with E-state index in [1.807, 2.05) is 48.9 Å². The predicted octanol–water partition coefficient (Wildman–Crippen LogP) is 4.53.